The highest BCUT2D eigenvalue weighted by molar-refractivity contribution is 9.10. The molecule has 2 amide bonds. The molecule has 5 aliphatic rings. The molecular weight excluding hydrogens is 554 g/mol. The molecule has 194 valence electrons. The van der Waals surface area contributed by atoms with Crippen molar-refractivity contribution in [2.45, 2.75) is 19.4 Å². The first kappa shape index (κ1) is 24.7. The van der Waals surface area contributed by atoms with Crippen LogP contribution in [0.25, 0.3) is 0 Å². The van der Waals surface area contributed by atoms with Crippen molar-refractivity contribution in [1.29, 1.82) is 0 Å². The average molecular weight is 578 g/mol. The number of rotatable bonds is 7. The summed E-state index contributed by atoms with van der Waals surface area (Å²) < 4.78 is 11.4. The molecule has 1 aliphatic heterocycles. The maximum absolute atomic E-state index is 13.2. The lowest BCUT2D eigenvalue weighted by molar-refractivity contribution is -0.157. The number of likely N-dealkylation sites (tertiary alicyclic amines) is 1. The van der Waals surface area contributed by atoms with Crippen LogP contribution >= 0.6 is 15.9 Å². The van der Waals surface area contributed by atoms with Crippen molar-refractivity contribution < 1.29 is 33.4 Å². The highest BCUT2D eigenvalue weighted by Gasteiger charge is 2.67. The van der Waals surface area contributed by atoms with E-state index < -0.39 is 42.2 Å². The van der Waals surface area contributed by atoms with E-state index in [4.69, 9.17) is 9.47 Å². The van der Waals surface area contributed by atoms with Gasteiger partial charge in [0.1, 0.15) is 11.8 Å². The van der Waals surface area contributed by atoms with E-state index in [1.807, 2.05) is 0 Å². The molecule has 0 aromatic heterocycles. The molecule has 38 heavy (non-hydrogen) atoms. The fraction of sp³-hybridized carbons (Fsp3) is 0.345. The van der Waals surface area contributed by atoms with Crippen LogP contribution in [-0.4, -0.2) is 47.1 Å². The second-order valence-electron chi connectivity index (χ2n) is 10.3. The summed E-state index contributed by atoms with van der Waals surface area (Å²) in [7, 11) is 0. The van der Waals surface area contributed by atoms with Gasteiger partial charge in [0.15, 0.2) is 12.4 Å². The van der Waals surface area contributed by atoms with Gasteiger partial charge in [-0.1, -0.05) is 28.1 Å². The number of benzene rings is 2. The molecule has 1 heterocycles. The van der Waals surface area contributed by atoms with Crippen molar-refractivity contribution in [1.82, 2.24) is 4.90 Å². The summed E-state index contributed by atoms with van der Waals surface area (Å²) in [5.41, 5.74) is 0.638. The van der Waals surface area contributed by atoms with Crippen LogP contribution < -0.4 is 4.74 Å². The SMILES string of the molecule is CC(C(=O)OCC(=O)c1ccc(OC(=O)c2ccc(Br)cc2)cc1)N1C(=O)C2C3C=CC(C4CC34)C2C1=O. The van der Waals surface area contributed by atoms with Crippen LogP contribution in [0.2, 0.25) is 0 Å². The number of imide groups is 1. The topological polar surface area (TPSA) is 107 Å². The molecule has 3 fully saturated rings. The Labute approximate surface area is 227 Å². The lowest BCUT2D eigenvalue weighted by atomic mass is 9.63. The molecule has 7 unspecified atom stereocenters. The molecule has 0 radical (unpaired) electrons. The number of esters is 2. The van der Waals surface area contributed by atoms with Gasteiger partial charge < -0.3 is 9.47 Å². The van der Waals surface area contributed by atoms with Crippen molar-refractivity contribution in [2.24, 2.45) is 35.5 Å². The first-order valence-corrected chi connectivity index (χ1v) is 13.4. The standard InChI is InChI=1S/C29H24BrNO7/c1-14(31-26(33)24-19-10-11-20(22-12-21(19)22)25(24)27(31)34)28(35)37-13-23(32)15-4-8-18(9-5-15)38-29(36)16-2-6-17(30)7-3-16/h2-11,14,19-22,24-25H,12-13H2,1H3. The zero-order valence-electron chi connectivity index (χ0n) is 20.4. The van der Waals surface area contributed by atoms with E-state index in [2.05, 4.69) is 28.1 Å². The number of amides is 2. The van der Waals surface area contributed by atoms with Gasteiger partial charge in [0, 0.05) is 10.0 Å². The predicted octanol–water partition coefficient (Wildman–Crippen LogP) is 3.84. The highest BCUT2D eigenvalue weighted by atomic mass is 79.9. The molecule has 2 aromatic carbocycles. The van der Waals surface area contributed by atoms with Gasteiger partial charge in [-0.05, 0) is 85.5 Å². The van der Waals surface area contributed by atoms with E-state index in [0.29, 0.717) is 17.4 Å². The van der Waals surface area contributed by atoms with Crippen LogP contribution in [0, 0.1) is 35.5 Å². The predicted molar refractivity (Wildman–Crippen MR) is 137 cm³/mol. The molecule has 0 N–H and O–H groups in total. The zero-order chi connectivity index (χ0) is 26.7. The summed E-state index contributed by atoms with van der Waals surface area (Å²) >= 11 is 3.31. The number of Topliss-reactive ketones (excluding diaryl/α,β-unsaturated/α-hetero) is 1. The second kappa shape index (κ2) is 9.31. The largest absolute Gasteiger partial charge is 0.456 e. The molecule has 4 aliphatic carbocycles. The van der Waals surface area contributed by atoms with E-state index in [9.17, 15) is 24.0 Å². The van der Waals surface area contributed by atoms with Crippen molar-refractivity contribution in [2.75, 3.05) is 6.61 Å². The van der Waals surface area contributed by atoms with Crippen LogP contribution in [0.3, 0.4) is 0 Å². The monoisotopic (exact) mass is 577 g/mol. The van der Waals surface area contributed by atoms with Gasteiger partial charge in [0.25, 0.3) is 0 Å². The molecule has 0 spiro atoms. The Bertz CT molecular complexity index is 1350. The maximum Gasteiger partial charge on any atom is 0.343 e. The van der Waals surface area contributed by atoms with Crippen molar-refractivity contribution >= 4 is 45.5 Å². The first-order chi connectivity index (χ1) is 18.2. The second-order valence-corrected chi connectivity index (χ2v) is 11.2. The lowest BCUT2D eigenvalue weighted by Crippen LogP contribution is -2.45. The smallest absolute Gasteiger partial charge is 0.343 e. The lowest BCUT2D eigenvalue weighted by Gasteiger charge is -2.37. The third-order valence-electron chi connectivity index (χ3n) is 8.24. The van der Waals surface area contributed by atoms with E-state index in [0.717, 1.165) is 15.8 Å². The van der Waals surface area contributed by atoms with Gasteiger partial charge in [-0.3, -0.25) is 19.3 Å². The van der Waals surface area contributed by atoms with Gasteiger partial charge in [-0.25, -0.2) is 9.59 Å². The average Bonchev–Trinajstić information content (AvgIpc) is 3.70. The van der Waals surface area contributed by atoms with E-state index >= 15 is 0 Å². The van der Waals surface area contributed by atoms with Crippen LogP contribution in [0.1, 0.15) is 34.1 Å². The summed E-state index contributed by atoms with van der Waals surface area (Å²) in [6.45, 7) is 0.922. The quantitative estimate of drug-likeness (QED) is 0.162. The third-order valence-corrected chi connectivity index (χ3v) is 8.77. The minimum atomic E-state index is -1.11. The number of ketones is 1. The maximum atomic E-state index is 13.2. The number of allylic oxidation sites excluding steroid dienone is 2. The van der Waals surface area contributed by atoms with E-state index in [1.165, 1.54) is 31.2 Å². The van der Waals surface area contributed by atoms with E-state index in [-0.39, 0.29) is 35.0 Å². The Morgan fingerprint density at radius 1 is 0.895 bits per heavy atom. The van der Waals surface area contributed by atoms with Crippen LogP contribution in [0.5, 0.6) is 5.75 Å². The number of nitrogens with zero attached hydrogens (tertiary/aromatic N) is 1. The molecule has 7 atom stereocenters. The number of hydrogen-bond acceptors (Lipinski definition) is 7. The summed E-state index contributed by atoms with van der Waals surface area (Å²) in [5, 5.41) is 0. The number of carbonyl (C=O) groups is 5. The fourth-order valence-corrected chi connectivity index (χ4v) is 6.53. The van der Waals surface area contributed by atoms with Crippen LogP contribution in [-0.2, 0) is 19.1 Å². The molecule has 7 rings (SSSR count). The molecular formula is C29H24BrNO7. The highest BCUT2D eigenvalue weighted by Crippen LogP contribution is 2.65. The van der Waals surface area contributed by atoms with Crippen molar-refractivity contribution in [3.05, 3.63) is 76.3 Å². The minimum absolute atomic E-state index is 0.0679. The molecule has 8 nitrogen and oxygen atoms in total. The fourth-order valence-electron chi connectivity index (χ4n) is 6.27. The Morgan fingerprint density at radius 2 is 1.45 bits per heavy atom. The molecule has 2 aromatic rings. The van der Waals surface area contributed by atoms with Gasteiger partial charge in [-0.15, -0.1) is 0 Å². The molecule has 2 bridgehead atoms. The van der Waals surface area contributed by atoms with Gasteiger partial charge in [0.2, 0.25) is 11.8 Å². The summed E-state index contributed by atoms with van der Waals surface area (Å²) in [6, 6.07) is 11.5. The minimum Gasteiger partial charge on any atom is -0.456 e. The number of hydrogen-bond donors (Lipinski definition) is 0. The summed E-state index contributed by atoms with van der Waals surface area (Å²) in [4.78, 5) is 65.0. The Kier molecular flexibility index (Phi) is 6.06. The number of carbonyl (C=O) groups excluding carboxylic acids is 5. The number of halogens is 1. The van der Waals surface area contributed by atoms with Gasteiger partial charge in [0.05, 0.1) is 17.4 Å². The van der Waals surface area contributed by atoms with Gasteiger partial charge >= 0.3 is 11.9 Å². The summed E-state index contributed by atoms with van der Waals surface area (Å²) in [6.07, 6.45) is 5.21. The van der Waals surface area contributed by atoms with Crippen molar-refractivity contribution in [3.8, 4) is 5.75 Å². The van der Waals surface area contributed by atoms with E-state index in [1.54, 1.807) is 24.3 Å². The molecule has 9 heteroatoms. The Morgan fingerprint density at radius 3 is 2.03 bits per heavy atom. The van der Waals surface area contributed by atoms with Gasteiger partial charge in [-0.2, -0.15) is 0 Å². The normalized spacial score (nSPS) is 28.9. The van der Waals surface area contributed by atoms with Crippen molar-refractivity contribution in [3.63, 3.8) is 0 Å². The van der Waals surface area contributed by atoms with Crippen LogP contribution in [0.4, 0.5) is 0 Å². The Hall–Kier alpha value is -3.59. The first-order valence-electron chi connectivity index (χ1n) is 12.6. The molecule has 1 saturated heterocycles. The molecule has 2 saturated carbocycles. The Balaban J connectivity index is 1.04. The summed E-state index contributed by atoms with van der Waals surface area (Å²) in [5.74, 6) is -1.88. The third kappa shape index (κ3) is 4.09. The number of ether oxygens (including phenoxy) is 2. The zero-order valence-corrected chi connectivity index (χ0v) is 22.0. The van der Waals surface area contributed by atoms with Crippen LogP contribution in [0.15, 0.2) is 65.2 Å².